The van der Waals surface area contributed by atoms with E-state index in [2.05, 4.69) is 42.5 Å². The molecule has 1 atom stereocenters. The zero-order chi connectivity index (χ0) is 43.1. The van der Waals surface area contributed by atoms with Gasteiger partial charge in [-0.1, -0.05) is 24.3 Å². The van der Waals surface area contributed by atoms with Crippen LogP contribution in [0.1, 0.15) is 84.7 Å². The van der Waals surface area contributed by atoms with Crippen molar-refractivity contribution in [2.24, 2.45) is 13.0 Å². The van der Waals surface area contributed by atoms with E-state index < -0.39 is 24.1 Å². The molecule has 1 amide bonds. The minimum Gasteiger partial charge on any atom is -0.444 e. The standard InChI is InChI=1S/C45H48F2N10O5/c1-53(31-15-18-55(19-16-31)24-30-4-3-5-37-41(30)54(2)45(61)57(37)36-13-12-33(58)21-38(36)59)23-28-8-10-32(11-9-28)56-25-34(40(52-56)42(46)47)50-43(60)35-26-62-44(51-35)29-14-17-48-39(20-29)49-22-27-6-7-27/h3-5,8-11,14,17,20,25-27,31,36,42H,6-7,12-13,15-16,18-19,21-24H2,1-2H3,(H,48,49)(H,50,60). The van der Waals surface area contributed by atoms with Crippen LogP contribution in [0.5, 0.6) is 0 Å². The van der Waals surface area contributed by atoms with Gasteiger partial charge in [0.05, 0.1) is 41.1 Å². The first-order valence-corrected chi connectivity index (χ1v) is 21.1. The van der Waals surface area contributed by atoms with Gasteiger partial charge in [0.25, 0.3) is 12.3 Å². The van der Waals surface area contributed by atoms with Crippen molar-refractivity contribution in [2.75, 3.05) is 37.3 Å². The molecule has 17 heteroatoms. The van der Waals surface area contributed by atoms with Crippen LogP contribution in [0.2, 0.25) is 0 Å². The molecule has 1 aliphatic heterocycles. The summed E-state index contributed by atoms with van der Waals surface area (Å²) < 4.78 is 38.5. The molecule has 3 aliphatic rings. The van der Waals surface area contributed by atoms with Crippen LogP contribution in [0.4, 0.5) is 20.3 Å². The third-order valence-corrected chi connectivity index (χ3v) is 12.4. The largest absolute Gasteiger partial charge is 0.444 e. The van der Waals surface area contributed by atoms with E-state index in [9.17, 15) is 28.0 Å². The molecule has 62 heavy (non-hydrogen) atoms. The zero-order valence-electron chi connectivity index (χ0n) is 34.6. The number of Topliss-reactive ketones (excluding diaryl/α,β-unsaturated/α-hetero) is 2. The Labute approximate surface area is 355 Å². The molecule has 322 valence electrons. The number of piperidine rings is 1. The lowest BCUT2D eigenvalue weighted by Crippen LogP contribution is -2.42. The topological polar surface area (TPSA) is 165 Å². The predicted octanol–water partition coefficient (Wildman–Crippen LogP) is 6.55. The van der Waals surface area contributed by atoms with Crippen LogP contribution in [0, 0.1) is 5.92 Å². The number of carbonyl (C=O) groups excluding carboxylic acids is 3. The third-order valence-electron chi connectivity index (χ3n) is 12.4. The second kappa shape index (κ2) is 17.2. The summed E-state index contributed by atoms with van der Waals surface area (Å²) >= 11 is 0. The number of fused-ring (bicyclic) bond motifs is 1. The second-order valence-electron chi connectivity index (χ2n) is 16.7. The highest BCUT2D eigenvalue weighted by molar-refractivity contribution is 6.04. The van der Waals surface area contributed by atoms with Gasteiger partial charge in [0.15, 0.2) is 17.2 Å². The molecule has 2 N–H and O–H groups in total. The number of hydrogen-bond acceptors (Lipinski definition) is 11. The number of nitrogens with zero attached hydrogens (tertiary/aromatic N) is 8. The maximum absolute atomic E-state index is 14.2. The van der Waals surface area contributed by atoms with Crippen molar-refractivity contribution in [1.29, 1.82) is 0 Å². The Morgan fingerprint density at radius 1 is 1.02 bits per heavy atom. The minimum atomic E-state index is -2.94. The molecule has 4 aromatic heterocycles. The number of alkyl halides is 2. The molecular formula is C45H48F2N10O5. The molecule has 5 heterocycles. The van der Waals surface area contributed by atoms with Gasteiger partial charge in [-0.05, 0) is 99.6 Å². The first kappa shape index (κ1) is 41.0. The van der Waals surface area contributed by atoms with E-state index in [0.717, 1.165) is 54.6 Å². The lowest BCUT2D eigenvalue weighted by molar-refractivity contribution is -0.132. The summed E-state index contributed by atoms with van der Waals surface area (Å²) in [4.78, 5) is 64.6. The Kier molecular flexibility index (Phi) is 11.4. The van der Waals surface area contributed by atoms with Crippen molar-refractivity contribution in [3.8, 4) is 17.1 Å². The van der Waals surface area contributed by atoms with E-state index >= 15 is 0 Å². The number of hydrogen-bond donors (Lipinski definition) is 2. The van der Waals surface area contributed by atoms with E-state index in [-0.39, 0.29) is 40.9 Å². The highest BCUT2D eigenvalue weighted by Crippen LogP contribution is 2.32. The maximum atomic E-state index is 14.2. The fourth-order valence-electron chi connectivity index (χ4n) is 8.72. The number of nitrogens with one attached hydrogen (secondary N) is 2. The van der Waals surface area contributed by atoms with Crippen LogP contribution >= 0.6 is 0 Å². The van der Waals surface area contributed by atoms with E-state index in [1.54, 1.807) is 34.5 Å². The smallest absolute Gasteiger partial charge is 0.329 e. The molecule has 0 radical (unpaired) electrons. The second-order valence-corrected chi connectivity index (χ2v) is 16.7. The fourth-order valence-corrected chi connectivity index (χ4v) is 8.72. The lowest BCUT2D eigenvalue weighted by Gasteiger charge is -2.37. The summed E-state index contributed by atoms with van der Waals surface area (Å²) in [6, 6.07) is 16.6. The summed E-state index contributed by atoms with van der Waals surface area (Å²) in [6.07, 6.45) is 6.08. The monoisotopic (exact) mass is 846 g/mol. The molecule has 1 unspecified atom stereocenters. The van der Waals surface area contributed by atoms with Crippen molar-refractivity contribution >= 4 is 40.0 Å². The van der Waals surface area contributed by atoms with Gasteiger partial charge in [-0.25, -0.2) is 28.2 Å². The number of halogens is 2. The number of imidazole rings is 1. The van der Waals surface area contributed by atoms with Crippen molar-refractivity contribution in [1.82, 2.24) is 38.7 Å². The molecule has 0 spiro atoms. The van der Waals surface area contributed by atoms with Crippen LogP contribution < -0.4 is 16.3 Å². The average molecular weight is 847 g/mol. The van der Waals surface area contributed by atoms with Crippen LogP contribution in [-0.4, -0.2) is 88.9 Å². The van der Waals surface area contributed by atoms with Crippen molar-refractivity contribution in [3.05, 3.63) is 106 Å². The molecule has 15 nitrogen and oxygen atoms in total. The number of benzene rings is 2. The highest BCUT2D eigenvalue weighted by Gasteiger charge is 2.32. The SMILES string of the molecule is CN(Cc1ccc(-n2cc(NC(=O)c3coc(-c4ccnc(NCC5CC5)c4)n3)c(C(F)F)n2)cc1)C1CCN(Cc2cccc3c2n(C)c(=O)n3C2CCC(=O)CC2=O)CC1. The molecule has 2 aliphatic carbocycles. The van der Waals surface area contributed by atoms with Gasteiger partial charge in [0.2, 0.25) is 5.89 Å². The van der Waals surface area contributed by atoms with E-state index in [4.69, 9.17) is 4.42 Å². The molecule has 1 saturated heterocycles. The van der Waals surface area contributed by atoms with Crippen molar-refractivity contribution in [2.45, 2.75) is 76.5 Å². The van der Waals surface area contributed by atoms with Gasteiger partial charge in [-0.15, -0.1) is 0 Å². The normalized spacial score (nSPS) is 17.7. The first-order chi connectivity index (χ1) is 30.0. The summed E-state index contributed by atoms with van der Waals surface area (Å²) in [5.41, 5.74) is 3.80. The van der Waals surface area contributed by atoms with Gasteiger partial charge < -0.3 is 15.1 Å². The molecule has 2 aromatic carbocycles. The predicted molar refractivity (Wildman–Crippen MR) is 227 cm³/mol. The number of anilines is 2. The Hall–Kier alpha value is -6.33. The Morgan fingerprint density at radius 2 is 1.81 bits per heavy atom. The van der Waals surface area contributed by atoms with E-state index in [0.29, 0.717) is 55.0 Å². The number of amides is 1. The summed E-state index contributed by atoms with van der Waals surface area (Å²) in [5, 5.41) is 9.95. The van der Waals surface area contributed by atoms with Gasteiger partial charge in [0.1, 0.15) is 17.9 Å². The number of aryl methyl sites for hydroxylation is 1. The first-order valence-electron chi connectivity index (χ1n) is 21.1. The van der Waals surface area contributed by atoms with Gasteiger partial charge in [0, 0.05) is 50.9 Å². The molecule has 3 fully saturated rings. The number of oxazole rings is 1. The highest BCUT2D eigenvalue weighted by atomic mass is 19.3. The number of aromatic nitrogens is 6. The molecule has 6 aromatic rings. The van der Waals surface area contributed by atoms with Gasteiger partial charge in [-0.2, -0.15) is 5.10 Å². The quantitative estimate of drug-likeness (QED) is 0.114. The number of para-hydroxylation sites is 1. The number of ketones is 2. The number of carbonyl (C=O) groups is 3. The fraction of sp³-hybridized carbons (Fsp3) is 0.400. The van der Waals surface area contributed by atoms with E-state index in [1.807, 2.05) is 42.5 Å². The number of pyridine rings is 1. The summed E-state index contributed by atoms with van der Waals surface area (Å²) in [5.74, 6) is 0.559. The number of likely N-dealkylation sites (tertiary alicyclic amines) is 1. The van der Waals surface area contributed by atoms with Crippen molar-refractivity contribution in [3.63, 3.8) is 0 Å². The zero-order valence-corrected chi connectivity index (χ0v) is 34.6. The molecule has 9 rings (SSSR count). The Morgan fingerprint density at radius 3 is 2.55 bits per heavy atom. The average Bonchev–Trinajstić information content (AvgIpc) is 3.67. The van der Waals surface area contributed by atoms with Gasteiger partial charge >= 0.3 is 5.69 Å². The Balaban J connectivity index is 0.799. The lowest BCUT2D eigenvalue weighted by atomic mass is 9.92. The van der Waals surface area contributed by atoms with Gasteiger partial charge in [-0.3, -0.25) is 33.3 Å². The van der Waals surface area contributed by atoms with Crippen LogP contribution in [0.3, 0.4) is 0 Å². The van der Waals surface area contributed by atoms with Crippen LogP contribution in [0.15, 0.2) is 82.5 Å². The Bertz CT molecular complexity index is 2690. The van der Waals surface area contributed by atoms with E-state index in [1.165, 1.54) is 30.0 Å². The molecular weight excluding hydrogens is 799 g/mol. The molecule has 2 saturated carbocycles. The maximum Gasteiger partial charge on any atom is 0.329 e. The molecule has 0 bridgehead atoms. The third kappa shape index (κ3) is 8.59. The van der Waals surface area contributed by atoms with Crippen molar-refractivity contribution < 1.29 is 27.6 Å². The minimum absolute atomic E-state index is 0.0664. The summed E-state index contributed by atoms with van der Waals surface area (Å²) in [7, 11) is 3.85. The van der Waals surface area contributed by atoms with Crippen LogP contribution in [0.25, 0.3) is 28.2 Å². The van der Waals surface area contributed by atoms with Crippen LogP contribution in [-0.2, 0) is 29.7 Å². The summed E-state index contributed by atoms with van der Waals surface area (Å²) in [6.45, 7) is 3.93. The number of rotatable bonds is 14.